The van der Waals surface area contributed by atoms with Gasteiger partial charge in [0.2, 0.25) is 0 Å². The number of likely N-dealkylation sites (tertiary alicyclic amines) is 1. The Morgan fingerprint density at radius 2 is 2.00 bits per heavy atom. The molecule has 1 heterocycles. The number of nitrogens with zero attached hydrogens (tertiary/aromatic N) is 1. The van der Waals surface area contributed by atoms with E-state index >= 15 is 0 Å². The Labute approximate surface area is 139 Å². The van der Waals surface area contributed by atoms with Crippen LogP contribution in [0.2, 0.25) is 0 Å². The minimum atomic E-state index is -1.33. The number of benzene rings is 1. The van der Waals surface area contributed by atoms with Gasteiger partial charge >= 0.3 is 0 Å². The minimum absolute atomic E-state index is 0.256. The Kier molecular flexibility index (Phi) is 4.58. The quantitative estimate of drug-likeness (QED) is 0.800. The first kappa shape index (κ1) is 16.6. The number of hydrogen-bond acceptors (Lipinski definition) is 4. The highest BCUT2D eigenvalue weighted by Gasteiger charge is 2.49. The van der Waals surface area contributed by atoms with E-state index < -0.39 is 16.4 Å². The van der Waals surface area contributed by atoms with Crippen molar-refractivity contribution in [2.75, 3.05) is 25.9 Å². The van der Waals surface area contributed by atoms with Crippen LogP contribution >= 0.6 is 0 Å². The summed E-state index contributed by atoms with van der Waals surface area (Å²) in [5.41, 5.74) is -0.157. The van der Waals surface area contributed by atoms with E-state index in [1.165, 1.54) is 5.56 Å². The van der Waals surface area contributed by atoms with Crippen molar-refractivity contribution in [3.05, 3.63) is 35.9 Å². The van der Waals surface area contributed by atoms with Gasteiger partial charge in [-0.1, -0.05) is 30.3 Å². The van der Waals surface area contributed by atoms with E-state index in [1.807, 2.05) is 30.3 Å². The highest BCUT2D eigenvalue weighted by atomic mass is 32.2. The number of aliphatic hydroxyl groups is 1. The van der Waals surface area contributed by atoms with Gasteiger partial charge in [-0.25, -0.2) is 0 Å². The second kappa shape index (κ2) is 6.34. The van der Waals surface area contributed by atoms with Crippen LogP contribution < -0.4 is 5.32 Å². The summed E-state index contributed by atoms with van der Waals surface area (Å²) in [6, 6.07) is 10.0. The lowest BCUT2D eigenvalue weighted by molar-refractivity contribution is -0.138. The number of carbonyl (C=O) groups is 1. The Balaban J connectivity index is 1.53. The first-order valence-corrected chi connectivity index (χ1v) is 9.60. The molecule has 1 aromatic rings. The van der Waals surface area contributed by atoms with Crippen LogP contribution in [0.3, 0.4) is 0 Å². The second-order valence-electron chi connectivity index (χ2n) is 6.80. The zero-order chi connectivity index (χ0) is 16.5. The molecule has 23 heavy (non-hydrogen) atoms. The molecule has 0 aromatic heterocycles. The average molecular weight is 336 g/mol. The maximum Gasteiger partial charge on any atom is 0.253 e. The van der Waals surface area contributed by atoms with E-state index in [9.17, 15) is 14.1 Å². The highest BCUT2D eigenvalue weighted by Crippen LogP contribution is 2.40. The molecule has 0 bridgehead atoms. The lowest BCUT2D eigenvalue weighted by Crippen LogP contribution is -2.51. The van der Waals surface area contributed by atoms with E-state index in [0.717, 1.165) is 19.4 Å². The maximum absolute atomic E-state index is 12.4. The smallest absolute Gasteiger partial charge is 0.253 e. The van der Waals surface area contributed by atoms with Crippen molar-refractivity contribution in [3.8, 4) is 0 Å². The third-order valence-corrected chi connectivity index (χ3v) is 6.76. The van der Waals surface area contributed by atoms with Crippen molar-refractivity contribution < 1.29 is 14.1 Å². The Morgan fingerprint density at radius 1 is 1.30 bits per heavy atom. The van der Waals surface area contributed by atoms with Gasteiger partial charge in [0.1, 0.15) is 0 Å². The molecule has 5 nitrogen and oxygen atoms in total. The van der Waals surface area contributed by atoms with Gasteiger partial charge in [0, 0.05) is 43.2 Å². The minimum Gasteiger partial charge on any atom is -0.379 e. The molecule has 1 aromatic carbocycles. The Bertz CT molecular complexity index is 603. The summed E-state index contributed by atoms with van der Waals surface area (Å²) in [6.45, 7) is 2.18. The number of hydrogen-bond donors (Lipinski definition) is 2. The zero-order valence-corrected chi connectivity index (χ0v) is 14.3. The summed E-state index contributed by atoms with van der Waals surface area (Å²) >= 11 is 0. The first-order chi connectivity index (χ1) is 10.9. The second-order valence-corrected chi connectivity index (χ2v) is 8.57. The van der Waals surface area contributed by atoms with Crippen LogP contribution in [0, 0.1) is 0 Å². The molecule has 0 spiro atoms. The van der Waals surface area contributed by atoms with Crippen molar-refractivity contribution in [1.29, 1.82) is 0 Å². The molecule has 3 rings (SSSR count). The largest absolute Gasteiger partial charge is 0.379 e. The number of amides is 1. The fraction of sp³-hybridized carbons (Fsp3) is 0.588. The van der Waals surface area contributed by atoms with Gasteiger partial charge in [-0.15, -0.1) is 0 Å². The molecule has 2 unspecified atom stereocenters. The molecule has 1 saturated carbocycles. The molecule has 126 valence electrons. The third-order valence-electron chi connectivity index (χ3n) is 4.99. The number of rotatable bonds is 6. The van der Waals surface area contributed by atoms with E-state index in [-0.39, 0.29) is 10.7 Å². The van der Waals surface area contributed by atoms with Crippen molar-refractivity contribution in [2.45, 2.75) is 36.2 Å². The van der Waals surface area contributed by atoms with Gasteiger partial charge in [-0.2, -0.15) is 0 Å². The predicted octanol–water partition coefficient (Wildman–Crippen LogP) is 0.651. The van der Waals surface area contributed by atoms with E-state index in [1.54, 1.807) is 6.26 Å². The van der Waals surface area contributed by atoms with Gasteiger partial charge in [0.15, 0.2) is 5.60 Å². The Hall–Kier alpha value is -1.24. The van der Waals surface area contributed by atoms with Crippen LogP contribution in [-0.4, -0.2) is 56.4 Å². The molecule has 1 amide bonds. The topological polar surface area (TPSA) is 69.6 Å². The summed E-state index contributed by atoms with van der Waals surface area (Å²) in [4.78, 5) is 14.5. The summed E-state index contributed by atoms with van der Waals surface area (Å²) in [7, 11) is -0.937. The lowest BCUT2D eigenvalue weighted by atomic mass is 10.0. The Morgan fingerprint density at radius 3 is 2.61 bits per heavy atom. The monoisotopic (exact) mass is 336 g/mol. The van der Waals surface area contributed by atoms with Crippen LogP contribution in [0.15, 0.2) is 30.3 Å². The normalized spacial score (nSPS) is 27.6. The molecule has 6 heteroatoms. The summed E-state index contributed by atoms with van der Waals surface area (Å²) < 4.78 is 11.4. The van der Waals surface area contributed by atoms with Gasteiger partial charge in [-0.05, 0) is 24.8 Å². The summed E-state index contributed by atoms with van der Waals surface area (Å²) in [6.07, 6.45) is 3.89. The number of β-amino-alcohol motifs (C(OH)–C–C–N with tert-alkyl or cyclic N) is 1. The van der Waals surface area contributed by atoms with Gasteiger partial charge in [0.05, 0.1) is 4.75 Å². The number of nitrogens with one attached hydrogen (secondary N) is 1. The molecular formula is C17H24N2O3S. The van der Waals surface area contributed by atoms with Crippen LogP contribution in [0.4, 0.5) is 0 Å². The molecule has 1 aliphatic heterocycles. The summed E-state index contributed by atoms with van der Waals surface area (Å²) in [5, 5.41) is 13.5. The average Bonchev–Trinajstić information content (AvgIpc) is 3.24. The van der Waals surface area contributed by atoms with E-state index in [0.29, 0.717) is 26.1 Å². The van der Waals surface area contributed by atoms with Gasteiger partial charge in [0.25, 0.3) is 5.91 Å². The SMILES string of the molecule is CS(=O)C1(CNC(=O)C2(O)CCN(Cc3ccccc3)C2)CC1. The molecule has 1 aliphatic carbocycles. The van der Waals surface area contributed by atoms with Crippen LogP contribution in [0.5, 0.6) is 0 Å². The van der Waals surface area contributed by atoms with Crippen LogP contribution in [0.1, 0.15) is 24.8 Å². The molecule has 2 aliphatic rings. The van der Waals surface area contributed by atoms with Crippen LogP contribution in [-0.2, 0) is 22.1 Å². The molecule has 0 radical (unpaired) electrons. The zero-order valence-electron chi connectivity index (χ0n) is 13.5. The van der Waals surface area contributed by atoms with Crippen molar-refractivity contribution in [3.63, 3.8) is 0 Å². The molecule has 2 fully saturated rings. The fourth-order valence-corrected chi connectivity index (χ4v) is 4.10. The maximum atomic E-state index is 12.4. The molecule has 2 atom stereocenters. The third kappa shape index (κ3) is 3.65. The van der Waals surface area contributed by atoms with Crippen LogP contribution in [0.25, 0.3) is 0 Å². The van der Waals surface area contributed by atoms with Crippen molar-refractivity contribution >= 4 is 16.7 Å². The molecule has 1 saturated heterocycles. The fourth-order valence-electron chi connectivity index (χ4n) is 3.14. The van der Waals surface area contributed by atoms with E-state index in [4.69, 9.17) is 0 Å². The first-order valence-electron chi connectivity index (χ1n) is 8.04. The lowest BCUT2D eigenvalue weighted by Gasteiger charge is -2.24. The predicted molar refractivity (Wildman–Crippen MR) is 90.3 cm³/mol. The standard InChI is InChI=1S/C17H24N2O3S/c1-23(22)16(7-8-16)12-18-15(20)17(21)9-10-19(13-17)11-14-5-3-2-4-6-14/h2-6,21H,7-13H2,1H3,(H,18,20). The highest BCUT2D eigenvalue weighted by molar-refractivity contribution is 7.86. The van der Waals surface area contributed by atoms with Gasteiger partial charge < -0.3 is 10.4 Å². The van der Waals surface area contributed by atoms with Crippen molar-refractivity contribution in [2.24, 2.45) is 0 Å². The molecular weight excluding hydrogens is 312 g/mol. The van der Waals surface area contributed by atoms with Crippen molar-refractivity contribution in [1.82, 2.24) is 10.2 Å². The summed E-state index contributed by atoms with van der Waals surface area (Å²) in [5.74, 6) is -0.329. The molecule has 2 N–H and O–H groups in total. The van der Waals surface area contributed by atoms with Gasteiger partial charge in [-0.3, -0.25) is 13.9 Å². The van der Waals surface area contributed by atoms with E-state index in [2.05, 4.69) is 10.2 Å². The number of carbonyl (C=O) groups excluding carboxylic acids is 1.